The van der Waals surface area contributed by atoms with Gasteiger partial charge in [-0.25, -0.2) is 10.2 Å². The molecule has 1 aromatic carbocycles. The maximum atomic E-state index is 13.1. The third-order valence-electron chi connectivity index (χ3n) is 3.11. The third kappa shape index (κ3) is 2.56. The van der Waals surface area contributed by atoms with Crippen LogP contribution in [-0.4, -0.2) is 15.2 Å². The molecule has 0 saturated carbocycles. The Bertz CT molecular complexity index is 744. The van der Waals surface area contributed by atoms with Gasteiger partial charge in [-0.05, 0) is 35.4 Å². The molecule has 2 heterocycles. The Morgan fingerprint density at radius 2 is 1.67 bits per heavy atom. The fraction of sp³-hybridized carbons (Fsp3) is 0. The van der Waals surface area contributed by atoms with Gasteiger partial charge >= 0.3 is 0 Å². The average molecular weight is 281 g/mol. The second-order valence-electron chi connectivity index (χ2n) is 4.37. The molecule has 5 nitrogen and oxygen atoms in total. The average Bonchev–Trinajstić information content (AvgIpc) is 2.55. The maximum absolute atomic E-state index is 13.1. The highest BCUT2D eigenvalue weighted by Crippen LogP contribution is 2.35. The quantitative estimate of drug-likeness (QED) is 0.570. The number of hydrogen-bond acceptors (Lipinski definition) is 5. The number of pyridine rings is 1. The molecule has 0 amide bonds. The summed E-state index contributed by atoms with van der Waals surface area (Å²) in [7, 11) is 0. The third-order valence-corrected chi connectivity index (χ3v) is 3.11. The predicted octanol–water partition coefficient (Wildman–Crippen LogP) is 2.63. The van der Waals surface area contributed by atoms with Gasteiger partial charge in [0.25, 0.3) is 0 Å². The van der Waals surface area contributed by atoms with Crippen LogP contribution < -0.4 is 11.3 Å². The number of nitrogen functional groups attached to an aromatic ring is 1. The van der Waals surface area contributed by atoms with E-state index in [1.807, 2.05) is 12.1 Å². The Labute approximate surface area is 120 Å². The molecule has 0 aliphatic rings. The van der Waals surface area contributed by atoms with E-state index in [1.165, 1.54) is 12.1 Å². The van der Waals surface area contributed by atoms with E-state index < -0.39 is 0 Å². The van der Waals surface area contributed by atoms with Crippen molar-refractivity contribution in [2.24, 2.45) is 5.84 Å². The lowest BCUT2D eigenvalue weighted by molar-refractivity contribution is 0.628. The molecule has 0 unspecified atom stereocenters. The second-order valence-corrected chi connectivity index (χ2v) is 4.37. The lowest BCUT2D eigenvalue weighted by atomic mass is 9.97. The predicted molar refractivity (Wildman–Crippen MR) is 78.5 cm³/mol. The van der Waals surface area contributed by atoms with Crippen LogP contribution in [-0.2, 0) is 0 Å². The molecular formula is C15H12FN5. The molecule has 6 heteroatoms. The van der Waals surface area contributed by atoms with Crippen molar-refractivity contribution in [3.05, 3.63) is 60.8 Å². The maximum Gasteiger partial charge on any atom is 0.171 e. The van der Waals surface area contributed by atoms with Gasteiger partial charge in [0.1, 0.15) is 5.82 Å². The molecule has 2 aromatic heterocycles. The number of halogens is 1. The van der Waals surface area contributed by atoms with Crippen LogP contribution in [0.5, 0.6) is 0 Å². The fourth-order valence-corrected chi connectivity index (χ4v) is 2.15. The van der Waals surface area contributed by atoms with Crippen molar-refractivity contribution in [3.63, 3.8) is 0 Å². The molecular weight excluding hydrogens is 269 g/mol. The van der Waals surface area contributed by atoms with Crippen molar-refractivity contribution in [2.75, 3.05) is 5.43 Å². The van der Waals surface area contributed by atoms with Gasteiger partial charge in [0.2, 0.25) is 0 Å². The molecule has 3 rings (SSSR count). The summed E-state index contributed by atoms with van der Waals surface area (Å²) in [5.41, 5.74) is 5.87. The summed E-state index contributed by atoms with van der Waals surface area (Å²) in [4.78, 5) is 4.00. The first-order chi connectivity index (χ1) is 10.3. The first kappa shape index (κ1) is 13.1. The first-order valence-electron chi connectivity index (χ1n) is 6.28. The smallest absolute Gasteiger partial charge is 0.171 e. The van der Waals surface area contributed by atoms with Crippen molar-refractivity contribution >= 4 is 5.82 Å². The zero-order valence-electron chi connectivity index (χ0n) is 11.0. The summed E-state index contributed by atoms with van der Waals surface area (Å²) >= 11 is 0. The van der Waals surface area contributed by atoms with Crippen molar-refractivity contribution < 1.29 is 4.39 Å². The molecule has 0 bridgehead atoms. The minimum atomic E-state index is -0.289. The van der Waals surface area contributed by atoms with Gasteiger partial charge in [-0.3, -0.25) is 4.98 Å². The number of benzene rings is 1. The normalized spacial score (nSPS) is 10.4. The summed E-state index contributed by atoms with van der Waals surface area (Å²) in [6.07, 6.45) is 5.00. The Hall–Kier alpha value is -2.86. The number of hydrogen-bond donors (Lipinski definition) is 2. The van der Waals surface area contributed by atoms with Gasteiger partial charge in [0.05, 0.1) is 6.20 Å². The van der Waals surface area contributed by atoms with E-state index in [4.69, 9.17) is 5.84 Å². The Balaban J connectivity index is 2.23. The van der Waals surface area contributed by atoms with E-state index in [9.17, 15) is 4.39 Å². The zero-order valence-corrected chi connectivity index (χ0v) is 11.0. The molecule has 0 fully saturated rings. The molecule has 104 valence electrons. The van der Waals surface area contributed by atoms with E-state index in [1.54, 1.807) is 30.7 Å². The number of rotatable bonds is 3. The highest BCUT2D eigenvalue weighted by atomic mass is 19.1. The lowest BCUT2D eigenvalue weighted by Crippen LogP contribution is -2.11. The molecule has 21 heavy (non-hydrogen) atoms. The fourth-order valence-electron chi connectivity index (χ4n) is 2.15. The number of anilines is 1. The summed E-state index contributed by atoms with van der Waals surface area (Å²) in [5, 5.41) is 7.94. The van der Waals surface area contributed by atoms with E-state index in [-0.39, 0.29) is 5.82 Å². The molecule has 0 radical (unpaired) electrons. The molecule has 3 aromatic rings. The summed E-state index contributed by atoms with van der Waals surface area (Å²) in [6.45, 7) is 0. The van der Waals surface area contributed by atoms with Gasteiger partial charge in [0.15, 0.2) is 5.82 Å². The lowest BCUT2D eigenvalue weighted by Gasteiger charge is -2.13. The van der Waals surface area contributed by atoms with Crippen molar-refractivity contribution in [1.82, 2.24) is 15.2 Å². The largest absolute Gasteiger partial charge is 0.306 e. The molecule has 0 saturated heterocycles. The highest BCUT2D eigenvalue weighted by Gasteiger charge is 2.14. The van der Waals surface area contributed by atoms with Crippen LogP contribution in [0.4, 0.5) is 10.2 Å². The van der Waals surface area contributed by atoms with Gasteiger partial charge in [-0.2, -0.15) is 5.10 Å². The molecule has 0 aliphatic carbocycles. The van der Waals surface area contributed by atoms with E-state index in [2.05, 4.69) is 20.6 Å². The van der Waals surface area contributed by atoms with Gasteiger partial charge < -0.3 is 5.43 Å². The van der Waals surface area contributed by atoms with E-state index in [0.717, 1.165) is 22.3 Å². The van der Waals surface area contributed by atoms with Crippen LogP contribution in [0, 0.1) is 5.82 Å². The van der Waals surface area contributed by atoms with Crippen LogP contribution in [0.1, 0.15) is 0 Å². The molecule has 0 aliphatic heterocycles. The molecule has 3 N–H and O–H groups in total. The monoisotopic (exact) mass is 281 g/mol. The zero-order chi connectivity index (χ0) is 14.7. The Morgan fingerprint density at radius 3 is 2.33 bits per heavy atom. The molecule has 0 atom stereocenters. The minimum absolute atomic E-state index is 0.289. The van der Waals surface area contributed by atoms with Crippen LogP contribution in [0.25, 0.3) is 22.3 Å². The SMILES string of the molecule is NNc1nncc(-c2ccc(F)cc2)c1-c1ccncc1. The number of nitrogens with two attached hydrogens (primary N) is 1. The molecule has 0 spiro atoms. The van der Waals surface area contributed by atoms with Crippen LogP contribution in [0.3, 0.4) is 0 Å². The summed E-state index contributed by atoms with van der Waals surface area (Å²) < 4.78 is 13.1. The summed E-state index contributed by atoms with van der Waals surface area (Å²) in [5.74, 6) is 5.69. The van der Waals surface area contributed by atoms with E-state index in [0.29, 0.717) is 5.82 Å². The van der Waals surface area contributed by atoms with Crippen LogP contribution in [0.15, 0.2) is 55.0 Å². The second kappa shape index (κ2) is 5.64. The number of nitrogens with zero attached hydrogens (tertiary/aromatic N) is 3. The van der Waals surface area contributed by atoms with Gasteiger partial charge in [0, 0.05) is 23.5 Å². The Kier molecular flexibility index (Phi) is 3.53. The first-order valence-corrected chi connectivity index (χ1v) is 6.28. The standard InChI is InChI=1S/C15H12FN5/c16-12-3-1-10(2-4-12)13-9-19-21-15(20-17)14(13)11-5-7-18-8-6-11/h1-9H,17H2,(H,20,21). The Morgan fingerprint density at radius 1 is 0.952 bits per heavy atom. The van der Waals surface area contributed by atoms with Crippen molar-refractivity contribution in [1.29, 1.82) is 0 Å². The number of nitrogens with one attached hydrogen (secondary N) is 1. The van der Waals surface area contributed by atoms with Crippen molar-refractivity contribution in [2.45, 2.75) is 0 Å². The number of hydrazine groups is 1. The van der Waals surface area contributed by atoms with Crippen molar-refractivity contribution in [3.8, 4) is 22.3 Å². The number of aromatic nitrogens is 3. The van der Waals surface area contributed by atoms with E-state index >= 15 is 0 Å². The van der Waals surface area contributed by atoms with Gasteiger partial charge in [-0.15, -0.1) is 5.10 Å². The highest BCUT2D eigenvalue weighted by molar-refractivity contribution is 5.89. The topological polar surface area (TPSA) is 76.7 Å². The van der Waals surface area contributed by atoms with Gasteiger partial charge in [-0.1, -0.05) is 12.1 Å². The summed E-state index contributed by atoms with van der Waals surface area (Å²) in [6, 6.07) is 9.90. The van der Waals surface area contributed by atoms with Crippen LogP contribution in [0.2, 0.25) is 0 Å². The minimum Gasteiger partial charge on any atom is -0.306 e. The van der Waals surface area contributed by atoms with Crippen LogP contribution >= 0.6 is 0 Å².